The number of anilines is 1. The zero-order valence-corrected chi connectivity index (χ0v) is 45.8. The SMILES string of the molecule is CC[C@@]1(OC(=O)N(C)CCN(C)C(=O)OCc2ccc(NC(=O)[C@H](CCCNC(N)=O)NC(=O)[C@@H](CC(=O)CCCCCN3C(=O)C=CC3=O)C(C)C)cc2)C(=O)OCc2c1cc1n(c2=O)Cc2cc3c(Br)cccc3nc2-1. The summed E-state index contributed by atoms with van der Waals surface area (Å²) in [5.74, 6) is -3.67. The van der Waals surface area contributed by atoms with Crippen LogP contribution in [0.3, 0.4) is 0 Å². The lowest BCUT2D eigenvalue weighted by Crippen LogP contribution is -2.49. The van der Waals surface area contributed by atoms with Crippen LogP contribution in [0.2, 0.25) is 0 Å². The summed E-state index contributed by atoms with van der Waals surface area (Å²) in [6.07, 6.45) is 3.06. The topological polar surface area (TPSA) is 288 Å². The van der Waals surface area contributed by atoms with Gasteiger partial charge in [0, 0.05) is 97.9 Å². The zero-order valence-electron chi connectivity index (χ0n) is 44.2. The molecule has 0 spiro atoms. The second kappa shape index (κ2) is 25.5. The van der Waals surface area contributed by atoms with Gasteiger partial charge in [-0.1, -0.05) is 61.3 Å². The number of likely N-dealkylation sites (N-methyl/N-ethyl adjacent to an activating group) is 2. The van der Waals surface area contributed by atoms with Gasteiger partial charge in [-0.05, 0) is 80.0 Å². The molecule has 2 aromatic carbocycles. The van der Waals surface area contributed by atoms with Crippen LogP contribution in [0.4, 0.5) is 20.1 Å². The number of primary amides is 1. The van der Waals surface area contributed by atoms with Crippen molar-refractivity contribution >= 4 is 86.1 Å². The van der Waals surface area contributed by atoms with Crippen LogP contribution < -0.4 is 27.2 Å². The number of hydrogen-bond acceptors (Lipinski definition) is 14. The normalized spacial score (nSPS) is 15.9. The molecule has 23 heteroatoms. The van der Waals surface area contributed by atoms with Crippen molar-refractivity contribution in [3.8, 4) is 11.4 Å². The van der Waals surface area contributed by atoms with E-state index in [0.29, 0.717) is 47.4 Å². The molecule has 0 aliphatic carbocycles. The minimum absolute atomic E-state index is 0.00850. The number of amides is 8. The number of ketones is 1. The Morgan fingerprint density at radius 2 is 1.60 bits per heavy atom. The maximum Gasteiger partial charge on any atom is 0.411 e. The summed E-state index contributed by atoms with van der Waals surface area (Å²) in [6.45, 7) is 5.49. The number of imide groups is 1. The van der Waals surface area contributed by atoms with E-state index < -0.39 is 53.6 Å². The molecule has 3 aliphatic heterocycles. The maximum atomic E-state index is 14.0. The molecular weight excluding hydrogens is 1070 g/mol. The summed E-state index contributed by atoms with van der Waals surface area (Å²) in [5, 5.41) is 8.95. The molecule has 22 nitrogen and oxygen atoms in total. The molecule has 5 N–H and O–H groups in total. The number of nitrogens with zero attached hydrogens (tertiary/aromatic N) is 5. The second-order valence-electron chi connectivity index (χ2n) is 19.9. The van der Waals surface area contributed by atoms with Crippen LogP contribution in [0, 0.1) is 11.8 Å². The lowest BCUT2D eigenvalue weighted by atomic mass is 9.85. The molecule has 5 heterocycles. The number of cyclic esters (lactones) is 1. The van der Waals surface area contributed by atoms with E-state index in [-0.39, 0.29) is 118 Å². The fourth-order valence-electron chi connectivity index (χ4n) is 9.47. The van der Waals surface area contributed by atoms with Crippen LogP contribution in [0.15, 0.2) is 76.0 Å². The average molecular weight is 1140 g/mol. The van der Waals surface area contributed by atoms with E-state index in [9.17, 15) is 47.9 Å². The molecule has 4 aromatic rings. The van der Waals surface area contributed by atoms with Crippen LogP contribution >= 0.6 is 15.9 Å². The predicted molar refractivity (Wildman–Crippen MR) is 288 cm³/mol. The number of fused-ring (bicyclic) bond motifs is 5. The predicted octanol–water partition coefficient (Wildman–Crippen LogP) is 5.78. The number of Topliss-reactive ketones (excluding diaryl/α,β-unsaturated/α-hetero) is 1. The molecule has 78 heavy (non-hydrogen) atoms. The number of rotatable bonds is 24. The summed E-state index contributed by atoms with van der Waals surface area (Å²) >= 11 is 3.58. The summed E-state index contributed by atoms with van der Waals surface area (Å²) in [5.41, 5.74) is 6.88. The molecule has 0 fully saturated rings. The Labute approximate surface area is 458 Å². The fraction of sp³-hybridized carbons (Fsp3) is 0.436. The van der Waals surface area contributed by atoms with Crippen molar-refractivity contribution in [3.05, 3.63) is 104 Å². The molecule has 414 valence electrons. The first-order chi connectivity index (χ1) is 37.2. The molecule has 3 atom stereocenters. The van der Waals surface area contributed by atoms with Crippen molar-refractivity contribution in [2.24, 2.45) is 17.6 Å². The second-order valence-corrected chi connectivity index (χ2v) is 20.7. The van der Waals surface area contributed by atoms with Gasteiger partial charge in [-0.15, -0.1) is 0 Å². The number of halogens is 1. The number of nitrogens with two attached hydrogens (primary N) is 1. The van der Waals surface area contributed by atoms with Gasteiger partial charge in [0.15, 0.2) is 0 Å². The summed E-state index contributed by atoms with van der Waals surface area (Å²) < 4.78 is 19.4. The van der Waals surface area contributed by atoms with Gasteiger partial charge in [0.25, 0.3) is 17.4 Å². The van der Waals surface area contributed by atoms with Gasteiger partial charge in [0.2, 0.25) is 17.4 Å². The molecular formula is C55H64BrN9O13. The van der Waals surface area contributed by atoms with Crippen molar-refractivity contribution < 1.29 is 57.4 Å². The zero-order chi connectivity index (χ0) is 56.4. The summed E-state index contributed by atoms with van der Waals surface area (Å²) in [6, 6.07) is 14.0. The Balaban J connectivity index is 0.893. The third-order valence-corrected chi connectivity index (χ3v) is 14.8. The number of carbonyl (C=O) groups is 9. The molecule has 0 saturated carbocycles. The minimum Gasteiger partial charge on any atom is -0.457 e. The minimum atomic E-state index is -1.94. The largest absolute Gasteiger partial charge is 0.457 e. The quantitative estimate of drug-likeness (QED) is 0.0247. The lowest BCUT2D eigenvalue weighted by molar-refractivity contribution is -0.173. The lowest BCUT2D eigenvalue weighted by Gasteiger charge is -2.36. The Morgan fingerprint density at radius 3 is 2.28 bits per heavy atom. The molecule has 0 saturated heterocycles. The van der Waals surface area contributed by atoms with Crippen molar-refractivity contribution in [1.29, 1.82) is 0 Å². The van der Waals surface area contributed by atoms with Gasteiger partial charge in [0.1, 0.15) is 25.0 Å². The number of pyridine rings is 2. The number of hydrogen-bond donors (Lipinski definition) is 4. The standard InChI is InChI=1S/C55H64BrN9O13/c1-6-55(40-28-44-47-34(26-38-41(56)13-10-14-42(38)60-47)29-65(44)50(71)39(40)31-76-51(55)72)78-54(75)63(5)25-24-62(4)53(74)77-30-33-16-18-35(19-17-33)59-49(70)43(15-11-22-58-52(57)73)61-48(69)37(32(2)3)27-36(66)12-8-7-9-23-64-45(67)20-21-46(64)68/h10,13-14,16-21,26,28,32,37,43H,6-9,11-12,15,22-25,27,29-31H2,1-5H3,(H,59,70)(H,61,69)(H3,57,58,73)/t37-,43-,55-/m0/s1. The molecule has 7 rings (SSSR count). The highest BCUT2D eigenvalue weighted by atomic mass is 79.9. The number of benzene rings is 2. The van der Waals surface area contributed by atoms with Crippen LogP contribution in [0.25, 0.3) is 22.3 Å². The number of aromatic nitrogens is 2. The van der Waals surface area contributed by atoms with Gasteiger partial charge < -0.3 is 50.3 Å². The van der Waals surface area contributed by atoms with Crippen LogP contribution in [0.1, 0.15) is 94.4 Å². The molecule has 2 aromatic heterocycles. The van der Waals surface area contributed by atoms with Crippen LogP contribution in [0.5, 0.6) is 0 Å². The Bertz CT molecular complexity index is 3090. The van der Waals surface area contributed by atoms with E-state index in [1.54, 1.807) is 41.8 Å². The number of nitrogens with one attached hydrogen (secondary N) is 3. The number of carbonyl (C=O) groups excluding carboxylic acids is 9. The smallest absolute Gasteiger partial charge is 0.411 e. The van der Waals surface area contributed by atoms with Crippen molar-refractivity contribution in [1.82, 2.24) is 34.9 Å². The van der Waals surface area contributed by atoms with E-state index in [4.69, 9.17) is 24.9 Å². The van der Waals surface area contributed by atoms with E-state index in [1.807, 2.05) is 38.1 Å². The average Bonchev–Trinajstić information content (AvgIpc) is 4.07. The highest BCUT2D eigenvalue weighted by Crippen LogP contribution is 2.41. The first-order valence-corrected chi connectivity index (χ1v) is 26.6. The van der Waals surface area contributed by atoms with Gasteiger partial charge in [-0.25, -0.2) is 24.2 Å². The van der Waals surface area contributed by atoms with E-state index in [2.05, 4.69) is 31.9 Å². The molecule has 0 radical (unpaired) electrons. The van der Waals surface area contributed by atoms with Gasteiger partial charge >= 0.3 is 24.2 Å². The number of unbranched alkanes of at least 4 members (excludes halogenated alkanes) is 2. The third-order valence-electron chi connectivity index (χ3n) is 14.1. The van der Waals surface area contributed by atoms with Gasteiger partial charge in [0.05, 0.1) is 29.0 Å². The summed E-state index contributed by atoms with van der Waals surface area (Å²) in [7, 11) is 2.93. The van der Waals surface area contributed by atoms with E-state index in [1.165, 1.54) is 36.0 Å². The fourth-order valence-corrected chi connectivity index (χ4v) is 9.94. The van der Waals surface area contributed by atoms with E-state index in [0.717, 1.165) is 20.3 Å². The monoisotopic (exact) mass is 1140 g/mol. The third kappa shape index (κ3) is 13.4. The van der Waals surface area contributed by atoms with Crippen molar-refractivity contribution in [2.45, 2.75) is 104 Å². The molecule has 3 aliphatic rings. The molecule has 0 bridgehead atoms. The highest BCUT2D eigenvalue weighted by Gasteiger charge is 2.51. The Hall–Kier alpha value is -7.95. The van der Waals surface area contributed by atoms with Gasteiger partial charge in [-0.2, -0.15) is 0 Å². The van der Waals surface area contributed by atoms with Crippen LogP contribution in [-0.4, -0.2) is 124 Å². The van der Waals surface area contributed by atoms with Gasteiger partial charge in [-0.3, -0.25) is 33.7 Å². The van der Waals surface area contributed by atoms with E-state index >= 15 is 0 Å². The maximum absolute atomic E-state index is 14.0. The summed E-state index contributed by atoms with van der Waals surface area (Å²) in [4.78, 5) is 138. The Kier molecular flexibility index (Phi) is 18.9. The molecule has 8 amide bonds. The van der Waals surface area contributed by atoms with Crippen molar-refractivity contribution in [2.75, 3.05) is 45.6 Å². The first-order valence-electron chi connectivity index (χ1n) is 25.8. The Morgan fingerprint density at radius 1 is 0.897 bits per heavy atom. The highest BCUT2D eigenvalue weighted by molar-refractivity contribution is 9.10. The number of esters is 1. The molecule has 0 unspecified atom stereocenters. The number of ether oxygens (including phenoxy) is 3. The first kappa shape index (κ1) is 57.7. The van der Waals surface area contributed by atoms with Crippen LogP contribution in [-0.2, 0) is 68.3 Å². The van der Waals surface area contributed by atoms with Crippen molar-refractivity contribution in [3.63, 3.8) is 0 Å². The number of urea groups is 1.